The fourth-order valence-electron chi connectivity index (χ4n) is 2.86. The number of nitrogens with zero attached hydrogens (tertiary/aromatic N) is 2. The van der Waals surface area contributed by atoms with Crippen molar-refractivity contribution in [2.24, 2.45) is 5.73 Å². The van der Waals surface area contributed by atoms with Crippen LogP contribution in [0, 0.1) is 0 Å². The van der Waals surface area contributed by atoms with Crippen LogP contribution in [-0.2, 0) is 0 Å². The van der Waals surface area contributed by atoms with Gasteiger partial charge >= 0.3 is 0 Å². The van der Waals surface area contributed by atoms with Crippen LogP contribution in [0.4, 0.5) is 5.69 Å². The maximum absolute atomic E-state index is 12.3. The molecule has 0 atom stereocenters. The summed E-state index contributed by atoms with van der Waals surface area (Å²) in [5.41, 5.74) is 9.59. The van der Waals surface area contributed by atoms with E-state index >= 15 is 0 Å². The normalized spacial score (nSPS) is 10.7. The second-order valence-corrected chi connectivity index (χ2v) is 6.05. The van der Waals surface area contributed by atoms with Crippen molar-refractivity contribution < 1.29 is 9.59 Å². The fraction of sp³-hybridized carbons (Fsp3) is 0. The van der Waals surface area contributed by atoms with E-state index in [1.54, 1.807) is 18.5 Å². The summed E-state index contributed by atoms with van der Waals surface area (Å²) >= 11 is 0. The first kappa shape index (κ1) is 16.5. The van der Waals surface area contributed by atoms with Crippen molar-refractivity contribution in [2.75, 3.05) is 5.32 Å². The molecule has 0 spiro atoms. The van der Waals surface area contributed by atoms with E-state index in [0.29, 0.717) is 16.8 Å². The number of primary amides is 1. The lowest BCUT2D eigenvalue weighted by molar-refractivity contribution is 0.0995. The van der Waals surface area contributed by atoms with Crippen LogP contribution in [0.15, 0.2) is 79.1 Å². The van der Waals surface area contributed by atoms with Crippen LogP contribution in [0.25, 0.3) is 16.7 Å². The Bertz CT molecular complexity index is 1130. The summed E-state index contributed by atoms with van der Waals surface area (Å²) in [6.07, 6.45) is 1.78. The molecule has 0 aliphatic rings. The van der Waals surface area contributed by atoms with Crippen LogP contribution < -0.4 is 11.1 Å². The number of imidazole rings is 1. The Morgan fingerprint density at radius 3 is 2.22 bits per heavy atom. The number of fused-ring (bicyclic) bond motifs is 1. The van der Waals surface area contributed by atoms with E-state index in [1.165, 1.54) is 12.1 Å². The number of hydrogen-bond acceptors (Lipinski definition) is 3. The summed E-state index contributed by atoms with van der Waals surface area (Å²) in [6.45, 7) is 0. The number of rotatable bonds is 4. The zero-order chi connectivity index (χ0) is 18.8. The number of carbonyl (C=O) groups is 2. The molecule has 27 heavy (non-hydrogen) atoms. The van der Waals surface area contributed by atoms with Crippen molar-refractivity contribution in [3.8, 4) is 5.69 Å². The Balaban J connectivity index is 1.52. The lowest BCUT2D eigenvalue weighted by atomic mass is 10.1. The molecule has 0 radical (unpaired) electrons. The van der Waals surface area contributed by atoms with E-state index < -0.39 is 5.91 Å². The number of benzene rings is 3. The largest absolute Gasteiger partial charge is 0.366 e. The minimum Gasteiger partial charge on any atom is -0.366 e. The van der Waals surface area contributed by atoms with Gasteiger partial charge in [-0.25, -0.2) is 4.98 Å². The van der Waals surface area contributed by atoms with Gasteiger partial charge in [-0.2, -0.15) is 0 Å². The number of carbonyl (C=O) groups excluding carboxylic acids is 2. The van der Waals surface area contributed by atoms with Gasteiger partial charge in [0.15, 0.2) is 0 Å². The summed E-state index contributed by atoms with van der Waals surface area (Å²) in [6, 6.07) is 21.6. The molecule has 3 aromatic carbocycles. The molecular formula is C21H16N4O2. The maximum atomic E-state index is 12.3. The van der Waals surface area contributed by atoms with Crippen LogP contribution in [0.5, 0.6) is 0 Å². The first-order valence-corrected chi connectivity index (χ1v) is 8.35. The van der Waals surface area contributed by atoms with Crippen molar-refractivity contribution >= 4 is 28.5 Å². The number of para-hydroxylation sites is 2. The predicted molar refractivity (Wildman–Crippen MR) is 104 cm³/mol. The topological polar surface area (TPSA) is 90.0 Å². The number of nitrogens with one attached hydrogen (secondary N) is 1. The quantitative estimate of drug-likeness (QED) is 0.587. The van der Waals surface area contributed by atoms with Gasteiger partial charge in [-0.3, -0.25) is 14.2 Å². The Morgan fingerprint density at radius 1 is 0.852 bits per heavy atom. The Kier molecular flexibility index (Phi) is 4.14. The van der Waals surface area contributed by atoms with Gasteiger partial charge in [0, 0.05) is 22.5 Å². The van der Waals surface area contributed by atoms with Crippen LogP contribution in [0.3, 0.4) is 0 Å². The molecule has 0 aliphatic carbocycles. The second kappa shape index (κ2) is 6.76. The van der Waals surface area contributed by atoms with E-state index in [-0.39, 0.29) is 5.91 Å². The Hall–Kier alpha value is -3.93. The first-order chi connectivity index (χ1) is 13.1. The zero-order valence-electron chi connectivity index (χ0n) is 14.3. The molecule has 6 heteroatoms. The summed E-state index contributed by atoms with van der Waals surface area (Å²) in [5.74, 6) is -0.781. The second-order valence-electron chi connectivity index (χ2n) is 6.05. The Morgan fingerprint density at radius 2 is 1.52 bits per heavy atom. The van der Waals surface area contributed by atoms with E-state index in [0.717, 1.165) is 16.7 Å². The molecule has 0 aliphatic heterocycles. The van der Waals surface area contributed by atoms with Gasteiger partial charge in [0.25, 0.3) is 5.91 Å². The fourth-order valence-corrected chi connectivity index (χ4v) is 2.86. The number of anilines is 1. The van der Waals surface area contributed by atoms with Crippen molar-refractivity contribution in [1.82, 2.24) is 9.55 Å². The van der Waals surface area contributed by atoms with Crippen molar-refractivity contribution in [2.45, 2.75) is 0 Å². The van der Waals surface area contributed by atoms with Gasteiger partial charge in [0.1, 0.15) is 6.33 Å². The molecule has 2 amide bonds. The molecule has 132 valence electrons. The monoisotopic (exact) mass is 356 g/mol. The van der Waals surface area contributed by atoms with Gasteiger partial charge < -0.3 is 11.1 Å². The SMILES string of the molecule is NC(=O)c1ccc(C(=O)Nc2ccc(-n3cnc4ccccc43)cc2)cc1. The lowest BCUT2D eigenvalue weighted by Gasteiger charge is -2.08. The zero-order valence-corrected chi connectivity index (χ0v) is 14.3. The van der Waals surface area contributed by atoms with Gasteiger partial charge in [-0.1, -0.05) is 12.1 Å². The molecule has 0 bridgehead atoms. The summed E-state index contributed by atoms with van der Waals surface area (Å²) in [7, 11) is 0. The average Bonchev–Trinajstić information content (AvgIpc) is 3.13. The number of nitrogens with two attached hydrogens (primary N) is 1. The molecule has 1 aromatic heterocycles. The van der Waals surface area contributed by atoms with E-state index in [2.05, 4.69) is 10.3 Å². The van der Waals surface area contributed by atoms with Crippen LogP contribution in [-0.4, -0.2) is 21.4 Å². The van der Waals surface area contributed by atoms with Crippen LogP contribution in [0.2, 0.25) is 0 Å². The Labute approximate surface area is 155 Å². The summed E-state index contributed by atoms with van der Waals surface area (Å²) < 4.78 is 1.99. The van der Waals surface area contributed by atoms with Gasteiger partial charge in [-0.15, -0.1) is 0 Å². The molecule has 0 saturated heterocycles. The van der Waals surface area contributed by atoms with Crippen molar-refractivity contribution in [3.63, 3.8) is 0 Å². The standard InChI is InChI=1S/C21H16N4O2/c22-20(26)14-5-7-15(8-6-14)21(27)24-16-9-11-17(12-10-16)25-13-23-18-3-1-2-4-19(18)25/h1-13H,(H2,22,26)(H,24,27). The number of aromatic nitrogens is 2. The van der Waals surface area contributed by atoms with Crippen LogP contribution >= 0.6 is 0 Å². The summed E-state index contributed by atoms with van der Waals surface area (Å²) in [5, 5.41) is 2.84. The van der Waals surface area contributed by atoms with Gasteiger partial charge in [-0.05, 0) is 60.7 Å². The molecular weight excluding hydrogens is 340 g/mol. The molecule has 0 unspecified atom stereocenters. The highest BCUT2D eigenvalue weighted by Gasteiger charge is 2.08. The third-order valence-electron chi connectivity index (χ3n) is 4.29. The third-order valence-corrected chi connectivity index (χ3v) is 4.29. The predicted octanol–water partition coefficient (Wildman–Crippen LogP) is 3.38. The molecule has 1 heterocycles. The molecule has 3 N–H and O–H groups in total. The van der Waals surface area contributed by atoms with Gasteiger partial charge in [0.05, 0.1) is 11.0 Å². The number of amides is 2. The molecule has 0 saturated carbocycles. The van der Waals surface area contributed by atoms with Crippen LogP contribution in [0.1, 0.15) is 20.7 Å². The highest BCUT2D eigenvalue weighted by molar-refractivity contribution is 6.05. The van der Waals surface area contributed by atoms with E-state index in [4.69, 9.17) is 5.73 Å². The minimum atomic E-state index is -0.524. The third kappa shape index (κ3) is 3.28. The lowest BCUT2D eigenvalue weighted by Crippen LogP contribution is -2.14. The summed E-state index contributed by atoms with van der Waals surface area (Å²) in [4.78, 5) is 27.8. The number of hydrogen-bond donors (Lipinski definition) is 2. The average molecular weight is 356 g/mol. The van der Waals surface area contributed by atoms with E-state index in [1.807, 2.05) is 53.1 Å². The smallest absolute Gasteiger partial charge is 0.255 e. The van der Waals surface area contributed by atoms with E-state index in [9.17, 15) is 9.59 Å². The maximum Gasteiger partial charge on any atom is 0.255 e. The highest BCUT2D eigenvalue weighted by Crippen LogP contribution is 2.20. The van der Waals surface area contributed by atoms with Gasteiger partial charge in [0.2, 0.25) is 5.91 Å². The highest BCUT2D eigenvalue weighted by atomic mass is 16.2. The molecule has 4 rings (SSSR count). The molecule has 6 nitrogen and oxygen atoms in total. The minimum absolute atomic E-state index is 0.258. The van der Waals surface area contributed by atoms with Crippen molar-refractivity contribution in [3.05, 3.63) is 90.3 Å². The molecule has 0 fully saturated rings. The first-order valence-electron chi connectivity index (χ1n) is 8.35. The molecule has 4 aromatic rings. The van der Waals surface area contributed by atoms with Crippen molar-refractivity contribution in [1.29, 1.82) is 0 Å².